The molecule has 0 atom stereocenters. The maximum absolute atomic E-state index is 12.0. The topological polar surface area (TPSA) is 82.8 Å². The van der Waals surface area contributed by atoms with Crippen molar-refractivity contribution in [3.05, 3.63) is 77.5 Å². The lowest BCUT2D eigenvalue weighted by molar-refractivity contribution is 0.0827. The molecule has 3 aromatic rings. The summed E-state index contributed by atoms with van der Waals surface area (Å²) < 4.78 is 5.44. The monoisotopic (exact) mass is 533 g/mol. The smallest absolute Gasteiger partial charge is 0.253 e. The van der Waals surface area contributed by atoms with E-state index >= 15 is 0 Å². The lowest BCUT2D eigenvalue weighted by atomic mass is 10.1. The number of halogens is 1. The number of nitrogens with one attached hydrogen (secondary N) is 2. The number of nitrogens with zero attached hydrogens (tertiary/aromatic N) is 3. The maximum Gasteiger partial charge on any atom is 0.253 e. The van der Waals surface area contributed by atoms with Gasteiger partial charge in [-0.15, -0.1) is 24.0 Å². The Morgan fingerprint density at radius 1 is 1.06 bits per heavy atom. The Morgan fingerprint density at radius 2 is 1.77 bits per heavy atom. The van der Waals surface area contributed by atoms with Gasteiger partial charge in [0.1, 0.15) is 5.69 Å². The molecule has 0 spiro atoms. The summed E-state index contributed by atoms with van der Waals surface area (Å²) in [6.45, 7) is 3.76. The van der Waals surface area contributed by atoms with Crippen LogP contribution in [0.1, 0.15) is 28.5 Å². The molecule has 0 saturated heterocycles. The van der Waals surface area contributed by atoms with Gasteiger partial charge >= 0.3 is 0 Å². The van der Waals surface area contributed by atoms with E-state index in [1.807, 2.05) is 67.6 Å². The number of carbonyl (C=O) groups is 1. The van der Waals surface area contributed by atoms with Crippen LogP contribution in [-0.2, 0) is 13.1 Å². The van der Waals surface area contributed by atoms with Gasteiger partial charge in [-0.1, -0.05) is 47.6 Å². The molecule has 1 aromatic heterocycles. The molecule has 0 aliphatic carbocycles. The molecule has 8 heteroatoms. The molecule has 1 heterocycles. The van der Waals surface area contributed by atoms with E-state index < -0.39 is 0 Å². The highest BCUT2D eigenvalue weighted by atomic mass is 127. The van der Waals surface area contributed by atoms with Crippen LogP contribution in [0.3, 0.4) is 0 Å². The molecule has 0 bridgehead atoms. The zero-order valence-corrected chi connectivity index (χ0v) is 20.3. The molecule has 0 fully saturated rings. The second-order valence-electron chi connectivity index (χ2n) is 6.99. The van der Waals surface area contributed by atoms with Crippen molar-refractivity contribution in [1.29, 1.82) is 0 Å². The van der Waals surface area contributed by atoms with Gasteiger partial charge in [0.05, 0.1) is 13.1 Å². The van der Waals surface area contributed by atoms with Gasteiger partial charge in [-0.3, -0.25) is 4.79 Å². The second-order valence-corrected chi connectivity index (χ2v) is 6.99. The normalized spacial score (nSPS) is 10.9. The van der Waals surface area contributed by atoms with Crippen molar-refractivity contribution in [3.63, 3.8) is 0 Å². The van der Waals surface area contributed by atoms with Gasteiger partial charge in [0, 0.05) is 37.8 Å². The predicted molar refractivity (Wildman–Crippen MR) is 133 cm³/mol. The number of hydrogen-bond acceptors (Lipinski definition) is 4. The first-order chi connectivity index (χ1) is 14.6. The Morgan fingerprint density at radius 3 is 2.42 bits per heavy atom. The largest absolute Gasteiger partial charge is 0.357 e. The van der Waals surface area contributed by atoms with Gasteiger partial charge in [0.15, 0.2) is 11.7 Å². The highest BCUT2D eigenvalue weighted by molar-refractivity contribution is 14.0. The van der Waals surface area contributed by atoms with E-state index in [0.29, 0.717) is 24.6 Å². The Labute approximate surface area is 199 Å². The molecule has 2 aromatic carbocycles. The van der Waals surface area contributed by atoms with Crippen molar-refractivity contribution >= 4 is 35.8 Å². The molecule has 31 heavy (non-hydrogen) atoms. The summed E-state index contributed by atoms with van der Waals surface area (Å²) >= 11 is 0. The lowest BCUT2D eigenvalue weighted by Crippen LogP contribution is -2.36. The van der Waals surface area contributed by atoms with Crippen LogP contribution in [0.2, 0.25) is 0 Å². The molecular formula is C23H28IN5O2. The fraction of sp³-hybridized carbons (Fsp3) is 0.261. The summed E-state index contributed by atoms with van der Waals surface area (Å²) in [6, 6.07) is 19.3. The van der Waals surface area contributed by atoms with Crippen LogP contribution in [0, 0.1) is 0 Å². The minimum Gasteiger partial charge on any atom is -0.357 e. The summed E-state index contributed by atoms with van der Waals surface area (Å²) in [5, 5.41) is 10.6. The van der Waals surface area contributed by atoms with Crippen molar-refractivity contribution in [2.75, 3.05) is 20.6 Å². The predicted octanol–water partition coefficient (Wildman–Crippen LogP) is 3.92. The van der Waals surface area contributed by atoms with Crippen molar-refractivity contribution in [1.82, 2.24) is 20.7 Å². The number of benzene rings is 2. The Balaban J connectivity index is 0.00000341. The summed E-state index contributed by atoms with van der Waals surface area (Å²) in [6.07, 6.45) is 0. The Hall–Kier alpha value is -2.88. The molecule has 0 aliphatic rings. The summed E-state index contributed by atoms with van der Waals surface area (Å²) in [5.74, 6) is 1.42. The van der Waals surface area contributed by atoms with Crippen LogP contribution in [0.25, 0.3) is 11.3 Å². The van der Waals surface area contributed by atoms with E-state index in [1.54, 1.807) is 19.0 Å². The molecule has 0 radical (unpaired) electrons. The van der Waals surface area contributed by atoms with Crippen molar-refractivity contribution in [3.8, 4) is 11.3 Å². The maximum atomic E-state index is 12.0. The van der Waals surface area contributed by atoms with Crippen molar-refractivity contribution < 1.29 is 9.32 Å². The van der Waals surface area contributed by atoms with Gasteiger partial charge in [-0.2, -0.15) is 0 Å². The minimum absolute atomic E-state index is 0. The SMILES string of the molecule is CCNC(=NCc1ccc(C(=O)N(C)C)cc1)NCc1cc(-c2ccccc2)on1.I. The van der Waals surface area contributed by atoms with Crippen LogP contribution in [0.4, 0.5) is 0 Å². The van der Waals surface area contributed by atoms with E-state index in [9.17, 15) is 4.79 Å². The number of guanidine groups is 1. The highest BCUT2D eigenvalue weighted by Gasteiger charge is 2.08. The number of amides is 1. The third kappa shape index (κ3) is 7.09. The number of aromatic nitrogens is 1. The van der Waals surface area contributed by atoms with Gasteiger partial charge in [0.25, 0.3) is 5.91 Å². The first kappa shape index (κ1) is 24.4. The Kier molecular flexibility index (Phi) is 9.51. The molecule has 0 saturated carbocycles. The number of carbonyl (C=O) groups excluding carboxylic acids is 1. The molecule has 0 unspecified atom stereocenters. The average Bonchev–Trinajstić information content (AvgIpc) is 3.25. The third-order valence-electron chi connectivity index (χ3n) is 4.43. The van der Waals surface area contributed by atoms with E-state index in [4.69, 9.17) is 4.52 Å². The zero-order valence-electron chi connectivity index (χ0n) is 18.0. The number of rotatable bonds is 7. The summed E-state index contributed by atoms with van der Waals surface area (Å²) in [4.78, 5) is 18.2. The quantitative estimate of drug-likeness (QED) is 0.274. The first-order valence-corrected chi connectivity index (χ1v) is 9.90. The van der Waals surface area contributed by atoms with E-state index in [2.05, 4.69) is 20.8 Å². The van der Waals surface area contributed by atoms with Crippen LogP contribution in [0.5, 0.6) is 0 Å². The molecule has 164 valence electrons. The average molecular weight is 533 g/mol. The second kappa shape index (κ2) is 12.1. The van der Waals surface area contributed by atoms with Crippen LogP contribution in [0.15, 0.2) is 70.2 Å². The third-order valence-corrected chi connectivity index (χ3v) is 4.43. The molecule has 3 rings (SSSR count). The molecule has 2 N–H and O–H groups in total. The molecule has 7 nitrogen and oxygen atoms in total. The zero-order chi connectivity index (χ0) is 21.3. The van der Waals surface area contributed by atoms with Gasteiger partial charge in [-0.25, -0.2) is 4.99 Å². The van der Waals surface area contributed by atoms with Crippen LogP contribution >= 0.6 is 24.0 Å². The summed E-state index contributed by atoms with van der Waals surface area (Å²) in [7, 11) is 3.49. The van der Waals surface area contributed by atoms with E-state index in [-0.39, 0.29) is 29.9 Å². The lowest BCUT2D eigenvalue weighted by Gasteiger charge is -2.11. The first-order valence-electron chi connectivity index (χ1n) is 9.90. The van der Waals surface area contributed by atoms with E-state index in [1.165, 1.54) is 0 Å². The minimum atomic E-state index is -0.0115. The number of aliphatic imine (C=N–C) groups is 1. The van der Waals surface area contributed by atoms with E-state index in [0.717, 1.165) is 29.1 Å². The van der Waals surface area contributed by atoms with Gasteiger partial charge < -0.3 is 20.1 Å². The van der Waals surface area contributed by atoms with Crippen molar-refractivity contribution in [2.45, 2.75) is 20.0 Å². The fourth-order valence-electron chi connectivity index (χ4n) is 2.83. The Bertz CT molecular complexity index is 985. The highest BCUT2D eigenvalue weighted by Crippen LogP contribution is 2.19. The fourth-order valence-corrected chi connectivity index (χ4v) is 2.83. The van der Waals surface area contributed by atoms with Gasteiger partial charge in [-0.05, 0) is 24.6 Å². The van der Waals surface area contributed by atoms with Gasteiger partial charge in [0.2, 0.25) is 0 Å². The van der Waals surface area contributed by atoms with Crippen molar-refractivity contribution in [2.24, 2.45) is 4.99 Å². The van der Waals surface area contributed by atoms with Crippen LogP contribution < -0.4 is 10.6 Å². The molecule has 0 aliphatic heterocycles. The standard InChI is InChI=1S/C23H27N5O2.HI/c1-4-24-23(25-15-17-10-12-19(13-11-17)22(29)28(2)3)26-16-20-14-21(30-27-20)18-8-6-5-7-9-18;/h5-14H,4,15-16H2,1-3H3,(H2,24,25,26);1H. The summed E-state index contributed by atoms with van der Waals surface area (Å²) in [5.41, 5.74) is 3.48. The molecule has 1 amide bonds. The molecular weight excluding hydrogens is 505 g/mol. The number of hydrogen-bond donors (Lipinski definition) is 2. The van der Waals surface area contributed by atoms with Crippen LogP contribution in [-0.4, -0.2) is 42.6 Å².